The lowest BCUT2D eigenvalue weighted by molar-refractivity contribution is 0.0428. The molecule has 3 N–H and O–H groups in total. The summed E-state index contributed by atoms with van der Waals surface area (Å²) in [4.78, 5) is 4.49. The van der Waals surface area contributed by atoms with Gasteiger partial charge in [-0.2, -0.15) is 5.10 Å². The number of hydrogen-bond donors (Lipinski definition) is 3. The normalized spacial score (nSPS) is 14.4. The molecule has 0 aliphatic rings. The smallest absolute Gasteiger partial charge is 0.191 e. The Hall–Kier alpha value is -2.28. The zero-order valence-electron chi connectivity index (χ0n) is 15.5. The van der Waals surface area contributed by atoms with Crippen molar-refractivity contribution in [2.75, 3.05) is 19.6 Å². The van der Waals surface area contributed by atoms with Gasteiger partial charge >= 0.3 is 0 Å². The van der Waals surface area contributed by atoms with Crippen molar-refractivity contribution in [3.8, 4) is 0 Å². The largest absolute Gasteiger partial charge is 0.463 e. The summed E-state index contributed by atoms with van der Waals surface area (Å²) < 4.78 is 7.33. The number of rotatable bonds is 8. The average molecular weight is 347 g/mol. The second-order valence-electron chi connectivity index (χ2n) is 6.43. The highest BCUT2D eigenvalue weighted by Crippen LogP contribution is 2.22. The van der Waals surface area contributed by atoms with E-state index in [1.807, 2.05) is 44.0 Å². The highest BCUT2D eigenvalue weighted by Gasteiger charge is 2.26. The van der Waals surface area contributed by atoms with Crippen LogP contribution in [0.3, 0.4) is 0 Å². The van der Waals surface area contributed by atoms with Gasteiger partial charge in [0.05, 0.1) is 12.7 Å². The Morgan fingerprint density at radius 1 is 1.40 bits per heavy atom. The predicted octanol–water partition coefficient (Wildman–Crippen LogP) is 1.72. The average Bonchev–Trinajstić information content (AvgIpc) is 3.18. The Bertz CT molecular complexity index is 687. The first-order valence-electron chi connectivity index (χ1n) is 8.69. The number of aryl methyl sites for hydroxylation is 3. The first-order chi connectivity index (χ1) is 11.9. The zero-order valence-corrected chi connectivity index (χ0v) is 15.5. The maximum Gasteiger partial charge on any atom is 0.191 e. The molecule has 7 heteroatoms. The number of hydrogen-bond acceptors (Lipinski definition) is 4. The van der Waals surface area contributed by atoms with Crippen molar-refractivity contribution in [3.05, 3.63) is 41.6 Å². The van der Waals surface area contributed by atoms with Crippen molar-refractivity contribution in [2.24, 2.45) is 12.0 Å². The summed E-state index contributed by atoms with van der Waals surface area (Å²) in [6, 6.07) is 3.63. The van der Waals surface area contributed by atoms with Gasteiger partial charge in [-0.25, -0.2) is 4.99 Å². The Kier molecular flexibility index (Phi) is 6.64. The minimum absolute atomic E-state index is 0.220. The van der Waals surface area contributed by atoms with E-state index in [4.69, 9.17) is 4.42 Å². The minimum atomic E-state index is -1.13. The van der Waals surface area contributed by atoms with Gasteiger partial charge in [0.1, 0.15) is 17.1 Å². The number of nitrogens with zero attached hydrogens (tertiary/aromatic N) is 3. The van der Waals surface area contributed by atoms with Crippen LogP contribution in [0.1, 0.15) is 37.4 Å². The van der Waals surface area contributed by atoms with E-state index in [0.29, 0.717) is 11.7 Å². The molecule has 138 valence electrons. The third kappa shape index (κ3) is 5.94. The number of nitrogens with one attached hydrogen (secondary N) is 2. The summed E-state index contributed by atoms with van der Waals surface area (Å²) in [5, 5.41) is 21.2. The standard InChI is InChI=1S/C18H29N5O2/c1-5-19-17(20-10-6-7-15-11-22-23(4)12-15)21-13-18(3,24)16-9-8-14(2)25-16/h8-9,11-12,24H,5-7,10,13H2,1-4H3,(H2,19,20,21). The van der Waals surface area contributed by atoms with Crippen molar-refractivity contribution in [1.82, 2.24) is 20.4 Å². The van der Waals surface area contributed by atoms with Gasteiger partial charge in [0.25, 0.3) is 0 Å². The summed E-state index contributed by atoms with van der Waals surface area (Å²) in [6.45, 7) is 7.36. The Balaban J connectivity index is 1.84. The lowest BCUT2D eigenvalue weighted by atomic mass is 10.0. The van der Waals surface area contributed by atoms with Crippen LogP contribution in [0.25, 0.3) is 0 Å². The molecule has 0 fully saturated rings. The van der Waals surface area contributed by atoms with Gasteiger partial charge in [-0.05, 0) is 51.3 Å². The predicted molar refractivity (Wildman–Crippen MR) is 98.5 cm³/mol. The second kappa shape index (κ2) is 8.71. The number of aromatic nitrogens is 2. The van der Waals surface area contributed by atoms with Gasteiger partial charge in [-0.1, -0.05) is 0 Å². The van der Waals surface area contributed by atoms with Crippen LogP contribution >= 0.6 is 0 Å². The molecule has 2 aromatic rings. The van der Waals surface area contributed by atoms with E-state index in [1.165, 1.54) is 5.56 Å². The Morgan fingerprint density at radius 3 is 2.80 bits per heavy atom. The van der Waals surface area contributed by atoms with E-state index in [-0.39, 0.29) is 6.54 Å². The number of aliphatic hydroxyl groups is 1. The molecule has 0 radical (unpaired) electrons. The van der Waals surface area contributed by atoms with Crippen LogP contribution < -0.4 is 10.6 Å². The molecule has 0 bridgehead atoms. The fourth-order valence-electron chi connectivity index (χ4n) is 2.48. The highest BCUT2D eigenvalue weighted by molar-refractivity contribution is 5.79. The van der Waals surface area contributed by atoms with E-state index in [2.05, 4.69) is 20.7 Å². The number of furan rings is 1. The van der Waals surface area contributed by atoms with E-state index in [9.17, 15) is 5.11 Å². The molecule has 0 amide bonds. The second-order valence-corrected chi connectivity index (χ2v) is 6.43. The van der Waals surface area contributed by atoms with Crippen LogP contribution in [-0.4, -0.2) is 40.5 Å². The quantitative estimate of drug-likeness (QED) is 0.384. The third-order valence-corrected chi connectivity index (χ3v) is 3.85. The van der Waals surface area contributed by atoms with Crippen molar-refractivity contribution in [1.29, 1.82) is 0 Å². The summed E-state index contributed by atoms with van der Waals surface area (Å²) in [5.74, 6) is 2.00. The van der Waals surface area contributed by atoms with Crippen LogP contribution in [0.2, 0.25) is 0 Å². The maximum absolute atomic E-state index is 10.6. The van der Waals surface area contributed by atoms with Crippen LogP contribution in [0.5, 0.6) is 0 Å². The summed E-state index contributed by atoms with van der Waals surface area (Å²) in [7, 11) is 1.92. The van der Waals surface area contributed by atoms with E-state index in [0.717, 1.165) is 31.7 Å². The van der Waals surface area contributed by atoms with Crippen LogP contribution in [0, 0.1) is 6.92 Å². The molecule has 0 aromatic carbocycles. The third-order valence-electron chi connectivity index (χ3n) is 3.85. The molecule has 1 atom stereocenters. The van der Waals surface area contributed by atoms with Crippen molar-refractivity contribution in [2.45, 2.75) is 39.2 Å². The molecule has 0 saturated heterocycles. The fraction of sp³-hybridized carbons (Fsp3) is 0.556. The van der Waals surface area contributed by atoms with Crippen LogP contribution in [0.4, 0.5) is 0 Å². The molecule has 0 aliphatic carbocycles. The molecule has 0 saturated carbocycles. The Morgan fingerprint density at radius 2 is 2.20 bits per heavy atom. The molecular weight excluding hydrogens is 318 g/mol. The monoisotopic (exact) mass is 347 g/mol. The first kappa shape index (κ1) is 19.1. The maximum atomic E-state index is 10.6. The summed E-state index contributed by atoms with van der Waals surface area (Å²) in [5.41, 5.74) is 0.0918. The van der Waals surface area contributed by atoms with Gasteiger partial charge < -0.3 is 20.2 Å². The molecule has 2 heterocycles. The SMILES string of the molecule is CCNC(=NCC(C)(O)c1ccc(C)o1)NCCCc1cnn(C)c1. The molecular formula is C18H29N5O2. The molecule has 2 aromatic heterocycles. The van der Waals surface area contributed by atoms with Gasteiger partial charge in [-0.15, -0.1) is 0 Å². The van der Waals surface area contributed by atoms with Crippen LogP contribution in [0.15, 0.2) is 33.9 Å². The first-order valence-corrected chi connectivity index (χ1v) is 8.69. The van der Waals surface area contributed by atoms with Crippen LogP contribution in [-0.2, 0) is 19.1 Å². The minimum Gasteiger partial charge on any atom is -0.463 e. The number of aliphatic imine (C=N–C) groups is 1. The Labute approximate surface area is 149 Å². The van der Waals surface area contributed by atoms with Gasteiger partial charge in [0.2, 0.25) is 0 Å². The molecule has 0 aliphatic heterocycles. The summed E-state index contributed by atoms with van der Waals surface area (Å²) in [6.07, 6.45) is 5.86. The van der Waals surface area contributed by atoms with Crippen molar-refractivity contribution in [3.63, 3.8) is 0 Å². The molecule has 2 rings (SSSR count). The van der Waals surface area contributed by atoms with Crippen molar-refractivity contribution >= 4 is 5.96 Å². The molecule has 25 heavy (non-hydrogen) atoms. The van der Waals surface area contributed by atoms with Gasteiger partial charge in [-0.3, -0.25) is 4.68 Å². The van der Waals surface area contributed by atoms with Crippen molar-refractivity contribution < 1.29 is 9.52 Å². The lowest BCUT2D eigenvalue weighted by Gasteiger charge is -2.19. The van der Waals surface area contributed by atoms with E-state index >= 15 is 0 Å². The van der Waals surface area contributed by atoms with E-state index < -0.39 is 5.60 Å². The molecule has 0 spiro atoms. The summed E-state index contributed by atoms with van der Waals surface area (Å²) >= 11 is 0. The van der Waals surface area contributed by atoms with Gasteiger partial charge in [0, 0.05) is 26.3 Å². The zero-order chi connectivity index (χ0) is 18.3. The fourth-order valence-corrected chi connectivity index (χ4v) is 2.48. The topological polar surface area (TPSA) is 87.6 Å². The lowest BCUT2D eigenvalue weighted by Crippen LogP contribution is -2.39. The highest BCUT2D eigenvalue weighted by atomic mass is 16.4. The number of guanidine groups is 1. The molecule has 1 unspecified atom stereocenters. The molecule has 7 nitrogen and oxygen atoms in total. The van der Waals surface area contributed by atoms with E-state index in [1.54, 1.807) is 13.0 Å². The van der Waals surface area contributed by atoms with Gasteiger partial charge in [0.15, 0.2) is 5.96 Å².